The van der Waals surface area contributed by atoms with Crippen molar-refractivity contribution in [3.05, 3.63) is 30.1 Å². The van der Waals surface area contributed by atoms with E-state index in [1.807, 2.05) is 18.2 Å². The molecule has 1 aromatic carbocycles. The van der Waals surface area contributed by atoms with Gasteiger partial charge in [-0.2, -0.15) is 0 Å². The molecule has 1 aliphatic heterocycles. The molecule has 0 spiro atoms. The molecule has 0 aliphatic carbocycles. The molecule has 0 amide bonds. The van der Waals surface area contributed by atoms with E-state index in [2.05, 4.69) is 44.6 Å². The van der Waals surface area contributed by atoms with Crippen molar-refractivity contribution < 1.29 is 0 Å². The molecule has 1 aliphatic rings. The lowest BCUT2D eigenvalue weighted by Gasteiger charge is -2.24. The van der Waals surface area contributed by atoms with Crippen molar-refractivity contribution in [2.24, 2.45) is 0 Å². The monoisotopic (exact) mass is 376 g/mol. The first-order valence-electron chi connectivity index (χ1n) is 10.2. The van der Waals surface area contributed by atoms with Gasteiger partial charge in [0.05, 0.1) is 24.1 Å². The third-order valence-corrected chi connectivity index (χ3v) is 5.32. The van der Waals surface area contributed by atoms with Crippen LogP contribution in [0.5, 0.6) is 0 Å². The fourth-order valence-corrected chi connectivity index (χ4v) is 3.77. The predicted octanol–water partition coefficient (Wildman–Crippen LogP) is 2.42. The number of piperazine rings is 1. The Morgan fingerprint density at radius 2 is 1.89 bits per heavy atom. The first kappa shape index (κ1) is 18.7. The number of pyridine rings is 1. The molecule has 0 radical (unpaired) electrons. The number of fused-ring (bicyclic) bond motifs is 3. The van der Waals surface area contributed by atoms with Gasteiger partial charge in [-0.3, -0.25) is 4.90 Å². The molecule has 3 aromatic rings. The van der Waals surface area contributed by atoms with Gasteiger partial charge in [-0.05, 0) is 12.5 Å². The minimum absolute atomic E-state index is 0.499. The number of hydrogen-bond donors (Lipinski definition) is 2. The number of anilines is 1. The summed E-state index contributed by atoms with van der Waals surface area (Å²) in [5.41, 5.74) is 9.02. The summed E-state index contributed by atoms with van der Waals surface area (Å²) >= 11 is 0. The quantitative estimate of drug-likeness (QED) is 0.669. The minimum Gasteiger partial charge on any atom is -0.382 e. The third kappa shape index (κ3) is 3.82. The van der Waals surface area contributed by atoms with Crippen LogP contribution in [0.3, 0.4) is 0 Å². The minimum atomic E-state index is 0.499. The second-order valence-electron chi connectivity index (χ2n) is 7.31. The van der Waals surface area contributed by atoms with E-state index in [1.54, 1.807) is 0 Å². The maximum absolute atomic E-state index is 6.25. The van der Waals surface area contributed by atoms with Gasteiger partial charge < -0.3 is 15.6 Å². The van der Waals surface area contributed by atoms with E-state index in [0.717, 1.165) is 79.7 Å². The molecule has 1 saturated heterocycles. The first-order valence-corrected chi connectivity index (χ1v) is 10.2. The average Bonchev–Trinajstić information content (AvgIpc) is 3.10. The van der Waals surface area contributed by atoms with Gasteiger partial charge >= 0.3 is 0 Å². The number of aryl methyl sites for hydroxylation is 1. The van der Waals surface area contributed by atoms with E-state index in [1.165, 1.54) is 0 Å². The Labute approximate surface area is 166 Å². The average molecular weight is 377 g/mol. The highest BCUT2D eigenvalue weighted by Gasteiger charge is 2.16. The molecule has 28 heavy (non-hydrogen) atoms. The van der Waals surface area contributed by atoms with Crippen LogP contribution in [0.1, 0.15) is 25.6 Å². The van der Waals surface area contributed by atoms with Gasteiger partial charge in [0.15, 0.2) is 5.82 Å². The molecular formula is C22H28N6. The van der Waals surface area contributed by atoms with Gasteiger partial charge in [0, 0.05) is 38.0 Å². The highest BCUT2D eigenvalue weighted by atomic mass is 15.2. The van der Waals surface area contributed by atoms with Crippen molar-refractivity contribution >= 4 is 27.8 Å². The second kappa shape index (κ2) is 8.59. The largest absolute Gasteiger partial charge is 0.382 e. The Morgan fingerprint density at radius 3 is 2.71 bits per heavy atom. The number of benzene rings is 1. The standard InChI is InChI=1S/C22H28N6/c1-2-3-10-19-26-20-21(17-8-4-5-9-18(17)25-22(20)23)28(19)14-7-6-13-27-15-11-24-12-16-27/h4-5,8-9,24H,2-3,10-16H2,1H3,(H2,23,25). The van der Waals surface area contributed by atoms with Crippen molar-refractivity contribution in [3.63, 3.8) is 0 Å². The second-order valence-corrected chi connectivity index (χ2v) is 7.31. The van der Waals surface area contributed by atoms with Crippen molar-refractivity contribution in [2.45, 2.75) is 32.7 Å². The summed E-state index contributed by atoms with van der Waals surface area (Å²) in [4.78, 5) is 11.8. The normalized spacial score (nSPS) is 15.0. The van der Waals surface area contributed by atoms with E-state index in [-0.39, 0.29) is 0 Å². The van der Waals surface area contributed by atoms with Crippen LogP contribution in [0, 0.1) is 11.8 Å². The summed E-state index contributed by atoms with van der Waals surface area (Å²) in [6.07, 6.45) is 3.16. The Balaban J connectivity index is 1.70. The number of nitrogen functional groups attached to an aromatic ring is 1. The SMILES string of the molecule is CCCCc1nc2c(N)nc3ccccc3c2n1CC#CCN1CCNCC1. The zero-order valence-corrected chi connectivity index (χ0v) is 16.5. The highest BCUT2D eigenvalue weighted by molar-refractivity contribution is 6.06. The van der Waals surface area contributed by atoms with Gasteiger partial charge in [0.2, 0.25) is 0 Å². The summed E-state index contributed by atoms with van der Waals surface area (Å²) in [5.74, 6) is 8.29. The van der Waals surface area contributed by atoms with Gasteiger partial charge in [0.25, 0.3) is 0 Å². The van der Waals surface area contributed by atoms with E-state index in [9.17, 15) is 0 Å². The highest BCUT2D eigenvalue weighted by Crippen LogP contribution is 2.29. The smallest absolute Gasteiger partial charge is 0.152 e. The van der Waals surface area contributed by atoms with E-state index in [0.29, 0.717) is 12.4 Å². The number of para-hydroxylation sites is 1. The predicted molar refractivity (Wildman–Crippen MR) is 115 cm³/mol. The molecule has 0 bridgehead atoms. The van der Waals surface area contributed by atoms with Crippen molar-refractivity contribution in [3.8, 4) is 11.8 Å². The number of unbranched alkanes of at least 4 members (excludes halogenated alkanes) is 1. The number of nitrogens with zero attached hydrogens (tertiary/aromatic N) is 4. The maximum Gasteiger partial charge on any atom is 0.152 e. The van der Waals surface area contributed by atoms with Crippen LogP contribution >= 0.6 is 0 Å². The fourth-order valence-electron chi connectivity index (χ4n) is 3.77. The van der Waals surface area contributed by atoms with Crippen molar-refractivity contribution in [1.29, 1.82) is 0 Å². The maximum atomic E-state index is 6.25. The lowest BCUT2D eigenvalue weighted by atomic mass is 10.2. The molecule has 3 heterocycles. The molecule has 4 rings (SSSR count). The summed E-state index contributed by atoms with van der Waals surface area (Å²) in [7, 11) is 0. The number of rotatable bonds is 5. The Morgan fingerprint density at radius 1 is 1.11 bits per heavy atom. The van der Waals surface area contributed by atoms with Crippen LogP contribution in [0.2, 0.25) is 0 Å². The van der Waals surface area contributed by atoms with E-state index in [4.69, 9.17) is 10.7 Å². The van der Waals surface area contributed by atoms with Crippen LogP contribution in [-0.4, -0.2) is 52.2 Å². The lowest BCUT2D eigenvalue weighted by molar-refractivity contribution is 0.268. The zero-order chi connectivity index (χ0) is 19.3. The lowest BCUT2D eigenvalue weighted by Crippen LogP contribution is -2.43. The molecule has 0 atom stereocenters. The summed E-state index contributed by atoms with van der Waals surface area (Å²) in [6.45, 7) is 7.89. The molecule has 6 nitrogen and oxygen atoms in total. The van der Waals surface area contributed by atoms with Crippen LogP contribution in [0.25, 0.3) is 21.9 Å². The molecule has 3 N–H and O–H groups in total. The number of hydrogen-bond acceptors (Lipinski definition) is 5. The summed E-state index contributed by atoms with van der Waals surface area (Å²) in [6, 6.07) is 8.13. The summed E-state index contributed by atoms with van der Waals surface area (Å²) < 4.78 is 2.25. The van der Waals surface area contributed by atoms with Crippen LogP contribution in [-0.2, 0) is 13.0 Å². The Hall–Kier alpha value is -2.62. The van der Waals surface area contributed by atoms with Crippen molar-refractivity contribution in [1.82, 2.24) is 24.8 Å². The van der Waals surface area contributed by atoms with Gasteiger partial charge in [-0.1, -0.05) is 43.4 Å². The molecule has 6 heteroatoms. The van der Waals surface area contributed by atoms with Gasteiger partial charge in [-0.25, -0.2) is 9.97 Å². The number of nitrogens with one attached hydrogen (secondary N) is 1. The molecule has 2 aromatic heterocycles. The molecule has 146 valence electrons. The number of aromatic nitrogens is 3. The Bertz CT molecular complexity index is 1020. The van der Waals surface area contributed by atoms with Crippen molar-refractivity contribution in [2.75, 3.05) is 38.5 Å². The molecule has 0 saturated carbocycles. The van der Waals surface area contributed by atoms with Crippen LogP contribution in [0.15, 0.2) is 24.3 Å². The molecular weight excluding hydrogens is 348 g/mol. The summed E-state index contributed by atoms with van der Waals surface area (Å²) in [5, 5.41) is 4.47. The number of imidazole rings is 1. The van der Waals surface area contributed by atoms with Gasteiger partial charge in [0.1, 0.15) is 11.3 Å². The fraction of sp³-hybridized carbons (Fsp3) is 0.455. The first-order chi connectivity index (χ1) is 13.8. The Kier molecular flexibility index (Phi) is 5.75. The molecule has 1 fully saturated rings. The zero-order valence-electron chi connectivity index (χ0n) is 16.5. The van der Waals surface area contributed by atoms with E-state index < -0.39 is 0 Å². The molecule has 0 unspecified atom stereocenters. The van der Waals surface area contributed by atoms with Gasteiger partial charge in [-0.15, -0.1) is 0 Å². The topological polar surface area (TPSA) is 72.0 Å². The van der Waals surface area contributed by atoms with Crippen LogP contribution < -0.4 is 11.1 Å². The van der Waals surface area contributed by atoms with Crippen LogP contribution in [0.4, 0.5) is 5.82 Å². The third-order valence-electron chi connectivity index (χ3n) is 5.32. The number of nitrogens with two attached hydrogens (primary N) is 1. The van der Waals surface area contributed by atoms with E-state index >= 15 is 0 Å².